The van der Waals surface area contributed by atoms with Gasteiger partial charge in [0.25, 0.3) is 0 Å². The fraction of sp³-hybridized carbons (Fsp3) is 0.800. The molecule has 1 unspecified atom stereocenters. The first-order valence-electron chi connectivity index (χ1n) is 8.23. The number of nitrogens with zero attached hydrogens (tertiary/aromatic N) is 3. The Bertz CT molecular complexity index is 734. The van der Waals surface area contributed by atoms with Crippen LogP contribution in [0.4, 0.5) is 0 Å². The van der Waals surface area contributed by atoms with Crippen molar-refractivity contribution in [2.45, 2.75) is 55.1 Å². The van der Waals surface area contributed by atoms with Crippen molar-refractivity contribution < 1.29 is 17.7 Å². The second-order valence-electron chi connectivity index (χ2n) is 7.12. The largest absolute Gasteiger partial charge is 0.341 e. The Morgan fingerprint density at radius 1 is 1.26 bits per heavy atom. The number of amides is 1. The second-order valence-corrected chi connectivity index (χ2v) is 9.45. The third-order valence-electron chi connectivity index (χ3n) is 5.49. The van der Waals surface area contributed by atoms with Crippen molar-refractivity contribution >= 4 is 15.7 Å². The molecule has 1 amide bonds. The fourth-order valence-electron chi connectivity index (χ4n) is 3.60. The highest BCUT2D eigenvalue weighted by Gasteiger charge is 2.55. The quantitative estimate of drug-likeness (QED) is 0.819. The van der Waals surface area contributed by atoms with Crippen LogP contribution in [0.3, 0.4) is 0 Å². The Kier molecular flexibility index (Phi) is 3.30. The monoisotopic (exact) mass is 339 g/mol. The van der Waals surface area contributed by atoms with E-state index in [1.807, 2.05) is 0 Å². The molecule has 1 saturated heterocycles. The third kappa shape index (κ3) is 2.38. The predicted molar refractivity (Wildman–Crippen MR) is 81.6 cm³/mol. The van der Waals surface area contributed by atoms with Crippen molar-refractivity contribution in [3.05, 3.63) is 11.7 Å². The van der Waals surface area contributed by atoms with Crippen molar-refractivity contribution in [3.8, 4) is 0 Å². The van der Waals surface area contributed by atoms with Crippen LogP contribution in [0.25, 0.3) is 0 Å². The van der Waals surface area contributed by atoms with Gasteiger partial charge in [-0.2, -0.15) is 4.98 Å². The molecule has 3 fully saturated rings. The number of carbonyl (C=O) groups is 1. The number of sulfone groups is 1. The molecule has 7 nitrogen and oxygen atoms in total. The number of rotatable bonds is 4. The molecule has 3 aliphatic rings. The molecular formula is C15H21N3O4S. The van der Waals surface area contributed by atoms with Gasteiger partial charge < -0.3 is 9.42 Å². The van der Waals surface area contributed by atoms with Crippen LogP contribution in [0.1, 0.15) is 62.1 Å². The van der Waals surface area contributed by atoms with Crippen LogP contribution < -0.4 is 0 Å². The molecule has 2 aliphatic carbocycles. The molecule has 1 atom stereocenters. The second kappa shape index (κ2) is 5.03. The van der Waals surface area contributed by atoms with Gasteiger partial charge in [-0.25, -0.2) is 8.42 Å². The topological polar surface area (TPSA) is 93.4 Å². The van der Waals surface area contributed by atoms with E-state index in [2.05, 4.69) is 10.1 Å². The van der Waals surface area contributed by atoms with Gasteiger partial charge in [0.1, 0.15) is 0 Å². The summed E-state index contributed by atoms with van der Waals surface area (Å²) >= 11 is 0. The first kappa shape index (κ1) is 15.1. The average Bonchev–Trinajstić information content (AvgIpc) is 2.98. The Labute approximate surface area is 135 Å². The lowest BCUT2D eigenvalue weighted by molar-refractivity contribution is -0.135. The maximum absolute atomic E-state index is 12.8. The standard InChI is InChI=1S/C15H21N3O4S/c1-23(20,21)15(6-2-7-15)14(19)18-8-5-11(9-18)13-16-12(17-22-13)10-3-4-10/h10-11H,2-9H2,1H3. The van der Waals surface area contributed by atoms with E-state index in [1.54, 1.807) is 4.90 Å². The number of carbonyl (C=O) groups excluding carboxylic acids is 1. The Hall–Kier alpha value is -1.44. The van der Waals surface area contributed by atoms with Crippen LogP contribution in [-0.4, -0.2) is 53.5 Å². The Morgan fingerprint density at radius 2 is 2.00 bits per heavy atom. The van der Waals surface area contributed by atoms with Crippen LogP contribution in [0, 0.1) is 0 Å². The zero-order valence-corrected chi connectivity index (χ0v) is 14.0. The van der Waals surface area contributed by atoms with E-state index in [0.29, 0.717) is 37.7 Å². The molecule has 1 aliphatic heterocycles. The van der Waals surface area contributed by atoms with Gasteiger partial charge in [0.15, 0.2) is 20.4 Å². The number of aromatic nitrogens is 2. The highest BCUT2D eigenvalue weighted by atomic mass is 32.2. The molecule has 0 radical (unpaired) electrons. The summed E-state index contributed by atoms with van der Waals surface area (Å²) in [6.45, 7) is 1.03. The van der Waals surface area contributed by atoms with Gasteiger partial charge in [-0.05, 0) is 38.5 Å². The predicted octanol–water partition coefficient (Wildman–Crippen LogP) is 1.23. The van der Waals surface area contributed by atoms with Gasteiger partial charge in [0.05, 0.1) is 5.92 Å². The summed E-state index contributed by atoms with van der Waals surface area (Å²) in [5.74, 6) is 1.59. The number of hydrogen-bond acceptors (Lipinski definition) is 6. The minimum absolute atomic E-state index is 0.0237. The van der Waals surface area contributed by atoms with Crippen molar-refractivity contribution in [1.29, 1.82) is 0 Å². The molecule has 4 rings (SSSR count). The zero-order valence-electron chi connectivity index (χ0n) is 13.2. The van der Waals surface area contributed by atoms with Gasteiger partial charge in [0, 0.05) is 25.3 Å². The molecule has 2 heterocycles. The van der Waals surface area contributed by atoms with E-state index in [0.717, 1.165) is 31.5 Å². The highest BCUT2D eigenvalue weighted by Crippen LogP contribution is 2.42. The molecule has 8 heteroatoms. The van der Waals surface area contributed by atoms with Crippen LogP contribution in [-0.2, 0) is 14.6 Å². The summed E-state index contributed by atoms with van der Waals surface area (Å²) in [5.41, 5.74) is 0. The summed E-state index contributed by atoms with van der Waals surface area (Å²) in [4.78, 5) is 18.9. The van der Waals surface area contributed by atoms with Crippen LogP contribution in [0.15, 0.2) is 4.52 Å². The molecule has 1 aromatic heterocycles. The van der Waals surface area contributed by atoms with E-state index >= 15 is 0 Å². The molecule has 0 N–H and O–H groups in total. The maximum Gasteiger partial charge on any atom is 0.244 e. The fourth-order valence-corrected chi connectivity index (χ4v) is 5.07. The molecule has 0 bridgehead atoms. The van der Waals surface area contributed by atoms with Crippen LogP contribution in [0.5, 0.6) is 0 Å². The van der Waals surface area contributed by atoms with Gasteiger partial charge in [-0.3, -0.25) is 4.79 Å². The summed E-state index contributed by atoms with van der Waals surface area (Å²) in [6, 6.07) is 0. The first-order chi connectivity index (χ1) is 10.9. The summed E-state index contributed by atoms with van der Waals surface area (Å²) < 4.78 is 28.3. The van der Waals surface area contributed by atoms with Crippen LogP contribution in [0.2, 0.25) is 0 Å². The van der Waals surface area contributed by atoms with E-state index in [4.69, 9.17) is 4.52 Å². The van der Waals surface area contributed by atoms with Crippen molar-refractivity contribution in [2.24, 2.45) is 0 Å². The van der Waals surface area contributed by atoms with Gasteiger partial charge in [0.2, 0.25) is 11.8 Å². The third-order valence-corrected chi connectivity index (χ3v) is 7.49. The highest BCUT2D eigenvalue weighted by molar-refractivity contribution is 7.93. The average molecular weight is 339 g/mol. The van der Waals surface area contributed by atoms with Gasteiger partial charge >= 0.3 is 0 Å². The normalized spacial score (nSPS) is 27.0. The Morgan fingerprint density at radius 3 is 2.57 bits per heavy atom. The molecule has 1 aromatic rings. The summed E-state index contributed by atoms with van der Waals surface area (Å²) in [6.07, 6.45) is 5.84. The number of hydrogen-bond donors (Lipinski definition) is 0. The van der Waals surface area contributed by atoms with E-state index in [1.165, 1.54) is 6.26 Å². The van der Waals surface area contributed by atoms with Crippen molar-refractivity contribution in [3.63, 3.8) is 0 Å². The first-order valence-corrected chi connectivity index (χ1v) is 10.1. The maximum atomic E-state index is 12.8. The Balaban J connectivity index is 1.48. The van der Waals surface area contributed by atoms with Gasteiger partial charge in [-0.15, -0.1) is 0 Å². The van der Waals surface area contributed by atoms with Crippen LogP contribution >= 0.6 is 0 Å². The summed E-state index contributed by atoms with van der Waals surface area (Å²) in [5, 5.41) is 4.02. The molecule has 0 spiro atoms. The summed E-state index contributed by atoms with van der Waals surface area (Å²) in [7, 11) is -3.39. The SMILES string of the molecule is CS(=O)(=O)C1(C(=O)N2CCC(c3nc(C4CC4)no3)C2)CCC1. The minimum atomic E-state index is -3.39. The van der Waals surface area contributed by atoms with E-state index in [-0.39, 0.29) is 11.8 Å². The molecule has 2 saturated carbocycles. The smallest absolute Gasteiger partial charge is 0.244 e. The van der Waals surface area contributed by atoms with E-state index < -0.39 is 14.6 Å². The van der Waals surface area contributed by atoms with Crippen molar-refractivity contribution in [1.82, 2.24) is 15.0 Å². The van der Waals surface area contributed by atoms with Crippen molar-refractivity contribution in [2.75, 3.05) is 19.3 Å². The molecule has 23 heavy (non-hydrogen) atoms. The minimum Gasteiger partial charge on any atom is -0.341 e. The lowest BCUT2D eigenvalue weighted by atomic mass is 9.83. The molecule has 0 aromatic carbocycles. The molecule has 126 valence electrons. The lowest BCUT2D eigenvalue weighted by Crippen LogP contribution is -2.57. The zero-order chi connectivity index (χ0) is 16.2. The number of likely N-dealkylation sites (tertiary alicyclic amines) is 1. The lowest BCUT2D eigenvalue weighted by Gasteiger charge is -2.40. The van der Waals surface area contributed by atoms with Gasteiger partial charge in [-0.1, -0.05) is 5.16 Å². The molecular weight excluding hydrogens is 318 g/mol. The van der Waals surface area contributed by atoms with E-state index in [9.17, 15) is 13.2 Å².